The third-order valence-corrected chi connectivity index (χ3v) is 6.91. The number of non-ortho nitro benzene ring substituents is 1. The van der Waals surface area contributed by atoms with Crippen LogP contribution in [0.5, 0.6) is 5.75 Å². The molecule has 3 aliphatic rings. The Hall–Kier alpha value is -3.42. The third kappa shape index (κ3) is 2.27. The van der Waals surface area contributed by atoms with Crippen LogP contribution in [0.4, 0.5) is 17.1 Å². The summed E-state index contributed by atoms with van der Waals surface area (Å²) in [6, 6.07) is 10.5. The maximum Gasteiger partial charge on any atom is 0.318 e. The predicted octanol–water partition coefficient (Wildman–Crippen LogP) is 4.96. The van der Waals surface area contributed by atoms with Gasteiger partial charge < -0.3 is 9.64 Å². The lowest BCUT2D eigenvalue weighted by Gasteiger charge is -2.50. The van der Waals surface area contributed by atoms with Crippen molar-refractivity contribution in [1.82, 2.24) is 0 Å². The normalized spacial score (nSPS) is 23.2. The number of anilines is 1. The number of likely N-dealkylation sites (N-methyl/N-ethyl adjacent to an activating group) is 1. The second kappa shape index (κ2) is 6.29. The van der Waals surface area contributed by atoms with E-state index in [1.54, 1.807) is 6.08 Å². The monoisotopic (exact) mass is 407 g/mol. The van der Waals surface area contributed by atoms with Crippen LogP contribution in [-0.4, -0.2) is 22.6 Å². The van der Waals surface area contributed by atoms with Crippen LogP contribution in [-0.2, 0) is 5.41 Å². The van der Waals surface area contributed by atoms with Gasteiger partial charge in [-0.1, -0.05) is 37.5 Å². The molecule has 1 unspecified atom stereocenters. The number of nitro groups is 2. The maximum atomic E-state index is 11.8. The predicted molar refractivity (Wildman–Crippen MR) is 112 cm³/mol. The van der Waals surface area contributed by atoms with Gasteiger partial charge in [0.15, 0.2) is 0 Å². The average Bonchev–Trinajstić information content (AvgIpc) is 2.94. The van der Waals surface area contributed by atoms with Crippen LogP contribution in [0.15, 0.2) is 42.5 Å². The molecule has 30 heavy (non-hydrogen) atoms. The Balaban J connectivity index is 1.73. The Morgan fingerprint density at radius 3 is 2.47 bits per heavy atom. The van der Waals surface area contributed by atoms with E-state index >= 15 is 0 Å². The van der Waals surface area contributed by atoms with Crippen LogP contribution in [0, 0.1) is 20.2 Å². The summed E-state index contributed by atoms with van der Waals surface area (Å²) in [6.45, 7) is 0. The Morgan fingerprint density at radius 2 is 1.77 bits per heavy atom. The van der Waals surface area contributed by atoms with Gasteiger partial charge >= 0.3 is 5.69 Å². The lowest BCUT2D eigenvalue weighted by Crippen LogP contribution is -2.61. The summed E-state index contributed by atoms with van der Waals surface area (Å²) in [5.74, 6) is 0.0951. The standard InChI is InChI=1S/C22H21N3O5/c1-23-18-8-4-3-7-17(18)21(10-5-2-6-11-21)22(23)12-9-15-13-16(24(26)27)14-19(25(28)29)20(15)30-22/h3-4,7-9,12-14H,2,5-6,10-11H2,1H3. The van der Waals surface area contributed by atoms with Gasteiger partial charge in [-0.15, -0.1) is 0 Å². The van der Waals surface area contributed by atoms with E-state index in [-0.39, 0.29) is 22.5 Å². The first-order valence-electron chi connectivity index (χ1n) is 10.1. The molecule has 2 aromatic carbocycles. The van der Waals surface area contributed by atoms with Gasteiger partial charge in [-0.2, -0.15) is 0 Å². The van der Waals surface area contributed by atoms with Crippen molar-refractivity contribution in [3.63, 3.8) is 0 Å². The smallest absolute Gasteiger partial charge is 0.318 e. The molecule has 2 spiro atoms. The number of fused-ring (bicyclic) bond motifs is 4. The summed E-state index contributed by atoms with van der Waals surface area (Å²) in [6.07, 6.45) is 8.76. The first-order chi connectivity index (χ1) is 14.4. The minimum absolute atomic E-state index is 0.0951. The van der Waals surface area contributed by atoms with Crippen LogP contribution >= 0.6 is 0 Å². The molecule has 0 aromatic heterocycles. The summed E-state index contributed by atoms with van der Waals surface area (Å²) in [7, 11) is 1.95. The summed E-state index contributed by atoms with van der Waals surface area (Å²) >= 11 is 0. The van der Waals surface area contributed by atoms with E-state index < -0.39 is 15.6 Å². The lowest BCUT2D eigenvalue weighted by atomic mass is 9.64. The molecule has 0 N–H and O–H groups in total. The first kappa shape index (κ1) is 18.6. The average molecular weight is 407 g/mol. The van der Waals surface area contributed by atoms with Gasteiger partial charge in [-0.3, -0.25) is 20.2 Å². The zero-order valence-electron chi connectivity index (χ0n) is 16.5. The zero-order chi connectivity index (χ0) is 21.1. The van der Waals surface area contributed by atoms with Gasteiger partial charge in [0.1, 0.15) is 0 Å². The molecule has 2 aliphatic heterocycles. The second-order valence-corrected chi connectivity index (χ2v) is 8.25. The summed E-state index contributed by atoms with van der Waals surface area (Å²) in [5, 5.41) is 23.0. The van der Waals surface area contributed by atoms with Crippen molar-refractivity contribution >= 4 is 23.1 Å². The highest BCUT2D eigenvalue weighted by atomic mass is 16.6. The molecular formula is C22H21N3O5. The number of hydrogen-bond donors (Lipinski definition) is 0. The number of nitro benzene ring substituents is 2. The Morgan fingerprint density at radius 1 is 1.03 bits per heavy atom. The molecule has 0 saturated heterocycles. The number of para-hydroxylation sites is 1. The molecular weight excluding hydrogens is 386 g/mol. The van der Waals surface area contributed by atoms with E-state index in [1.165, 1.54) is 11.6 Å². The Labute approximate surface area is 173 Å². The van der Waals surface area contributed by atoms with Crippen LogP contribution < -0.4 is 9.64 Å². The van der Waals surface area contributed by atoms with Crippen LogP contribution in [0.1, 0.15) is 43.2 Å². The first-order valence-corrected chi connectivity index (χ1v) is 10.1. The van der Waals surface area contributed by atoms with Crippen LogP contribution in [0.3, 0.4) is 0 Å². The minimum Gasteiger partial charge on any atom is -0.456 e. The molecule has 1 atom stereocenters. The fourth-order valence-electron chi connectivity index (χ4n) is 5.57. The highest BCUT2D eigenvalue weighted by Crippen LogP contribution is 2.60. The highest BCUT2D eigenvalue weighted by molar-refractivity contribution is 5.76. The number of ether oxygens (including phenoxy) is 1. The molecule has 1 saturated carbocycles. The van der Waals surface area contributed by atoms with E-state index in [0.29, 0.717) is 5.56 Å². The number of hydrogen-bond acceptors (Lipinski definition) is 6. The van der Waals surface area contributed by atoms with Crippen molar-refractivity contribution in [3.8, 4) is 5.75 Å². The largest absolute Gasteiger partial charge is 0.456 e. The molecule has 0 radical (unpaired) electrons. The van der Waals surface area contributed by atoms with Gasteiger partial charge in [0, 0.05) is 24.4 Å². The van der Waals surface area contributed by atoms with E-state index in [0.717, 1.165) is 43.9 Å². The molecule has 2 heterocycles. The quantitative estimate of drug-likeness (QED) is 0.515. The second-order valence-electron chi connectivity index (χ2n) is 8.25. The minimum atomic E-state index is -0.912. The summed E-state index contributed by atoms with van der Waals surface area (Å²) < 4.78 is 6.57. The van der Waals surface area contributed by atoms with Gasteiger partial charge in [0.25, 0.3) is 5.69 Å². The highest BCUT2D eigenvalue weighted by Gasteiger charge is 2.63. The van der Waals surface area contributed by atoms with Gasteiger partial charge in [-0.05, 0) is 36.6 Å². The molecule has 2 aromatic rings. The van der Waals surface area contributed by atoms with Crippen molar-refractivity contribution in [2.24, 2.45) is 0 Å². The molecule has 8 heteroatoms. The molecule has 0 amide bonds. The SMILES string of the molecule is CN1c2ccccc2C2(CCCCC2)C12C=Cc1cc([N+](=O)[O-])cc([N+](=O)[O-])c1O2. The van der Waals surface area contributed by atoms with Crippen molar-refractivity contribution in [2.45, 2.75) is 43.2 Å². The van der Waals surface area contributed by atoms with Crippen molar-refractivity contribution < 1.29 is 14.6 Å². The van der Waals surface area contributed by atoms with E-state index in [2.05, 4.69) is 17.0 Å². The topological polar surface area (TPSA) is 98.8 Å². The zero-order valence-corrected chi connectivity index (χ0v) is 16.5. The molecule has 5 rings (SSSR count). The molecule has 8 nitrogen and oxygen atoms in total. The fraction of sp³-hybridized carbons (Fsp3) is 0.364. The van der Waals surface area contributed by atoms with Crippen molar-refractivity contribution in [1.29, 1.82) is 0 Å². The van der Waals surface area contributed by atoms with Crippen molar-refractivity contribution in [2.75, 3.05) is 11.9 Å². The van der Waals surface area contributed by atoms with Gasteiger partial charge in [0.05, 0.1) is 21.3 Å². The molecule has 1 aliphatic carbocycles. The van der Waals surface area contributed by atoms with Crippen LogP contribution in [0.2, 0.25) is 0 Å². The van der Waals surface area contributed by atoms with Crippen molar-refractivity contribution in [3.05, 3.63) is 73.8 Å². The van der Waals surface area contributed by atoms with E-state index in [1.807, 2.05) is 25.3 Å². The molecule has 154 valence electrons. The van der Waals surface area contributed by atoms with Gasteiger partial charge in [0.2, 0.25) is 11.5 Å². The van der Waals surface area contributed by atoms with Crippen LogP contribution in [0.25, 0.3) is 6.08 Å². The van der Waals surface area contributed by atoms with Gasteiger partial charge in [-0.25, -0.2) is 0 Å². The van der Waals surface area contributed by atoms with E-state index in [4.69, 9.17) is 4.74 Å². The number of nitrogens with zero attached hydrogens (tertiary/aromatic N) is 3. The molecule has 0 bridgehead atoms. The van der Waals surface area contributed by atoms with E-state index in [9.17, 15) is 20.2 Å². The lowest BCUT2D eigenvalue weighted by molar-refractivity contribution is -0.395. The fourth-order valence-corrected chi connectivity index (χ4v) is 5.57. The summed E-state index contributed by atoms with van der Waals surface area (Å²) in [5.41, 5.74) is 0.669. The third-order valence-electron chi connectivity index (χ3n) is 6.91. The Kier molecular flexibility index (Phi) is 3.90. The molecule has 1 fully saturated rings. The number of rotatable bonds is 2. The maximum absolute atomic E-state index is 11.8. The Bertz CT molecular complexity index is 1110. The number of benzene rings is 2. The summed E-state index contributed by atoms with van der Waals surface area (Å²) in [4.78, 5) is 23.9.